The normalized spacial score (nSPS) is 11.3. The lowest BCUT2D eigenvalue weighted by Crippen LogP contribution is -2.15. The summed E-state index contributed by atoms with van der Waals surface area (Å²) in [5.74, 6) is 0.558. The van der Waals surface area contributed by atoms with E-state index in [9.17, 15) is 13.2 Å². The number of aryl methyl sites for hydroxylation is 2. The fourth-order valence-corrected chi connectivity index (χ4v) is 4.59. The lowest BCUT2D eigenvalue weighted by Gasteiger charge is -2.07. The third-order valence-electron chi connectivity index (χ3n) is 3.15. The minimum Gasteiger partial charge on any atom is -0.360 e. The Morgan fingerprint density at radius 3 is 2.56 bits per heavy atom. The fourth-order valence-electron chi connectivity index (χ4n) is 1.99. The molecule has 0 unspecified atom stereocenters. The van der Waals surface area contributed by atoms with Gasteiger partial charge >= 0.3 is 0 Å². The Hall–Kier alpha value is -2.44. The van der Waals surface area contributed by atoms with E-state index in [1.807, 2.05) is 6.92 Å². The van der Waals surface area contributed by atoms with Crippen LogP contribution < -0.4 is 10.0 Å². The van der Waals surface area contributed by atoms with Gasteiger partial charge in [-0.1, -0.05) is 28.3 Å². The van der Waals surface area contributed by atoms with Gasteiger partial charge in [-0.3, -0.25) is 9.52 Å². The fraction of sp³-hybridized carbons (Fsp3) is 0.200. The Kier molecular flexibility index (Phi) is 5.77. The largest absolute Gasteiger partial charge is 0.360 e. The molecule has 0 atom stereocenters. The van der Waals surface area contributed by atoms with E-state index in [4.69, 9.17) is 4.52 Å². The van der Waals surface area contributed by atoms with Gasteiger partial charge in [-0.15, -0.1) is 10.2 Å². The van der Waals surface area contributed by atoms with E-state index in [1.54, 1.807) is 6.92 Å². The third kappa shape index (κ3) is 5.28. The molecule has 0 aliphatic carbocycles. The van der Waals surface area contributed by atoms with Crippen LogP contribution in [0.3, 0.4) is 0 Å². The number of nitrogens with zero attached hydrogens (tertiary/aromatic N) is 3. The number of carbonyl (C=O) groups excluding carboxylic acids is 1. The maximum atomic E-state index is 12.3. The first-order chi connectivity index (χ1) is 12.8. The van der Waals surface area contributed by atoms with Gasteiger partial charge in [0.2, 0.25) is 5.91 Å². The van der Waals surface area contributed by atoms with E-state index < -0.39 is 10.0 Å². The first kappa shape index (κ1) is 19.3. The van der Waals surface area contributed by atoms with Crippen LogP contribution in [0.15, 0.2) is 44.1 Å². The second kappa shape index (κ2) is 8.06. The van der Waals surface area contributed by atoms with Crippen LogP contribution in [0.2, 0.25) is 0 Å². The van der Waals surface area contributed by atoms with Crippen LogP contribution in [0, 0.1) is 13.8 Å². The maximum absolute atomic E-state index is 12.3. The van der Waals surface area contributed by atoms with Crippen LogP contribution in [-0.2, 0) is 14.8 Å². The highest BCUT2D eigenvalue weighted by Gasteiger charge is 2.16. The molecule has 3 aromatic rings. The van der Waals surface area contributed by atoms with Crippen LogP contribution in [0.4, 0.5) is 11.5 Å². The molecule has 2 N–H and O–H groups in total. The van der Waals surface area contributed by atoms with Gasteiger partial charge in [0.05, 0.1) is 10.6 Å². The lowest BCUT2D eigenvalue weighted by molar-refractivity contribution is -0.113. The number of sulfonamides is 1. The Morgan fingerprint density at radius 1 is 1.22 bits per heavy atom. The number of thioether (sulfide) groups is 1. The highest BCUT2D eigenvalue weighted by Crippen LogP contribution is 2.22. The summed E-state index contributed by atoms with van der Waals surface area (Å²) in [5, 5.41) is 15.0. The van der Waals surface area contributed by atoms with Crippen molar-refractivity contribution < 1.29 is 17.7 Å². The smallest absolute Gasteiger partial charge is 0.263 e. The third-order valence-corrected chi connectivity index (χ3v) is 6.49. The molecule has 0 radical (unpaired) electrons. The summed E-state index contributed by atoms with van der Waals surface area (Å²) in [6.07, 6.45) is 0. The van der Waals surface area contributed by atoms with E-state index in [0.717, 1.165) is 9.35 Å². The van der Waals surface area contributed by atoms with E-state index in [2.05, 4.69) is 25.4 Å². The summed E-state index contributed by atoms with van der Waals surface area (Å²) in [4.78, 5) is 12.0. The predicted molar refractivity (Wildman–Crippen MR) is 102 cm³/mol. The summed E-state index contributed by atoms with van der Waals surface area (Å²) in [6, 6.07) is 7.29. The van der Waals surface area contributed by atoms with Gasteiger partial charge in [-0.05, 0) is 38.1 Å². The predicted octanol–water partition coefficient (Wildman–Crippen LogP) is 2.67. The first-order valence-electron chi connectivity index (χ1n) is 7.61. The van der Waals surface area contributed by atoms with Crippen molar-refractivity contribution in [3.63, 3.8) is 0 Å². The zero-order valence-corrected chi connectivity index (χ0v) is 16.7. The van der Waals surface area contributed by atoms with Crippen molar-refractivity contribution >= 4 is 50.5 Å². The molecule has 1 amide bonds. The molecule has 0 aliphatic heterocycles. The Labute approximate surface area is 163 Å². The number of anilines is 2. The van der Waals surface area contributed by atoms with Crippen molar-refractivity contribution in [1.29, 1.82) is 0 Å². The topological polar surface area (TPSA) is 127 Å². The number of hydrogen-bond donors (Lipinski definition) is 2. The summed E-state index contributed by atoms with van der Waals surface area (Å²) >= 11 is 2.71. The van der Waals surface area contributed by atoms with Crippen molar-refractivity contribution in [2.24, 2.45) is 0 Å². The number of rotatable bonds is 7. The monoisotopic (exact) mass is 425 g/mol. The molecule has 142 valence electrons. The molecule has 0 fully saturated rings. The van der Waals surface area contributed by atoms with Gasteiger partial charge in [0.15, 0.2) is 10.2 Å². The molecule has 0 saturated heterocycles. The van der Waals surface area contributed by atoms with Crippen LogP contribution in [0.25, 0.3) is 0 Å². The zero-order chi connectivity index (χ0) is 19.4. The minimum absolute atomic E-state index is 0.0415. The second-order valence-electron chi connectivity index (χ2n) is 5.38. The number of amides is 1. The van der Waals surface area contributed by atoms with Crippen LogP contribution in [0.5, 0.6) is 0 Å². The van der Waals surface area contributed by atoms with Crippen molar-refractivity contribution in [1.82, 2.24) is 15.4 Å². The van der Waals surface area contributed by atoms with Gasteiger partial charge in [0.25, 0.3) is 10.0 Å². The molecule has 1 aromatic carbocycles. The van der Waals surface area contributed by atoms with Crippen LogP contribution in [0.1, 0.15) is 10.8 Å². The average Bonchev–Trinajstić information content (AvgIpc) is 3.21. The Morgan fingerprint density at radius 2 is 1.96 bits per heavy atom. The Bertz CT molecular complexity index is 1040. The summed E-state index contributed by atoms with van der Waals surface area (Å²) in [7, 11) is -3.79. The van der Waals surface area contributed by atoms with E-state index >= 15 is 0 Å². The van der Waals surface area contributed by atoms with Crippen molar-refractivity contribution in [3.05, 3.63) is 41.1 Å². The second-order valence-corrected chi connectivity index (χ2v) is 9.46. The van der Waals surface area contributed by atoms with Gasteiger partial charge < -0.3 is 9.84 Å². The molecule has 0 bridgehead atoms. The number of hydrogen-bond acceptors (Lipinski definition) is 9. The van der Waals surface area contributed by atoms with E-state index in [1.165, 1.54) is 53.4 Å². The molecule has 0 spiro atoms. The quantitative estimate of drug-likeness (QED) is 0.553. The number of carbonyl (C=O) groups is 1. The number of aromatic nitrogens is 3. The summed E-state index contributed by atoms with van der Waals surface area (Å²) in [6.45, 7) is 3.50. The number of nitrogens with one attached hydrogen (secondary N) is 2. The highest BCUT2D eigenvalue weighted by atomic mass is 32.2. The van der Waals surface area contributed by atoms with Crippen LogP contribution >= 0.6 is 23.1 Å². The highest BCUT2D eigenvalue weighted by molar-refractivity contribution is 8.01. The molecule has 2 heterocycles. The van der Waals surface area contributed by atoms with Crippen molar-refractivity contribution in [2.45, 2.75) is 23.1 Å². The molecule has 27 heavy (non-hydrogen) atoms. The van der Waals surface area contributed by atoms with Crippen molar-refractivity contribution in [3.8, 4) is 0 Å². The van der Waals surface area contributed by atoms with Crippen LogP contribution in [-0.4, -0.2) is 35.4 Å². The van der Waals surface area contributed by atoms with Gasteiger partial charge in [0, 0.05) is 11.8 Å². The molecule has 2 aromatic heterocycles. The minimum atomic E-state index is -3.79. The van der Waals surface area contributed by atoms with E-state index in [-0.39, 0.29) is 22.4 Å². The maximum Gasteiger partial charge on any atom is 0.263 e. The zero-order valence-electron chi connectivity index (χ0n) is 14.3. The first-order valence-corrected chi connectivity index (χ1v) is 10.9. The Balaban J connectivity index is 1.58. The van der Waals surface area contributed by atoms with E-state index in [0.29, 0.717) is 11.4 Å². The SMILES string of the molecule is Cc1cc(NS(=O)(=O)c2ccc(NC(=O)CSc3nnc(C)s3)cc2)no1. The van der Waals surface area contributed by atoms with Crippen molar-refractivity contribution in [2.75, 3.05) is 15.8 Å². The average molecular weight is 426 g/mol. The molecule has 3 rings (SSSR count). The molecule has 12 heteroatoms. The molecule has 9 nitrogen and oxygen atoms in total. The van der Waals surface area contributed by atoms with Gasteiger partial charge in [-0.25, -0.2) is 8.42 Å². The molecule has 0 saturated carbocycles. The van der Waals surface area contributed by atoms with Gasteiger partial charge in [0.1, 0.15) is 10.8 Å². The summed E-state index contributed by atoms with van der Waals surface area (Å²) < 4.78 is 32.5. The standard InChI is InChI=1S/C15H15N5O4S3/c1-9-7-13(19-24-9)20-27(22,23)12-5-3-11(4-6-12)16-14(21)8-25-15-18-17-10(2)26-15/h3-7H,8H2,1-2H3,(H,16,21)(H,19,20). The van der Waals surface area contributed by atoms with Gasteiger partial charge in [-0.2, -0.15) is 0 Å². The molecular weight excluding hydrogens is 410 g/mol. The summed E-state index contributed by atoms with van der Waals surface area (Å²) in [5.41, 5.74) is 0.491. The lowest BCUT2D eigenvalue weighted by atomic mass is 10.3. The number of benzene rings is 1. The molecular formula is C15H15N5O4S3. The molecule has 0 aliphatic rings.